The van der Waals surface area contributed by atoms with Crippen molar-refractivity contribution in [2.75, 3.05) is 33.2 Å². The molecule has 1 amide bonds. The number of rotatable bonds is 4. The number of carbonyl (C=O) groups excluding carboxylic acids is 1. The molecule has 1 saturated heterocycles. The number of benzene rings is 1. The summed E-state index contributed by atoms with van der Waals surface area (Å²) >= 11 is 0. The molecule has 0 radical (unpaired) electrons. The molecule has 0 aromatic heterocycles. The van der Waals surface area contributed by atoms with Gasteiger partial charge >= 0.3 is 0 Å². The summed E-state index contributed by atoms with van der Waals surface area (Å²) in [6, 6.07) is 8.00. The van der Waals surface area contributed by atoms with Gasteiger partial charge in [-0.1, -0.05) is 24.3 Å². The van der Waals surface area contributed by atoms with Crippen molar-refractivity contribution in [3.63, 3.8) is 0 Å². The molecule has 23 heavy (non-hydrogen) atoms. The fourth-order valence-corrected chi connectivity index (χ4v) is 5.02. The quantitative estimate of drug-likeness (QED) is 0.771. The zero-order valence-electron chi connectivity index (χ0n) is 13.4. The summed E-state index contributed by atoms with van der Waals surface area (Å²) in [4.78, 5) is 12.4. The fraction of sp³-hybridized carbons (Fsp3) is 0.562. The lowest BCUT2D eigenvalue weighted by Gasteiger charge is -2.38. The zero-order valence-corrected chi connectivity index (χ0v) is 14.2. The third-order valence-electron chi connectivity index (χ3n) is 4.89. The first kappa shape index (κ1) is 16.4. The number of fused-ring (bicyclic) bond motifs is 1. The van der Waals surface area contributed by atoms with Gasteiger partial charge in [0.25, 0.3) is 10.2 Å². The SMILES string of the molecule is CN([C@@H]1CCCc2ccccc21)S(=O)(=O)N1CCN(C=O)CC1. The first-order valence-electron chi connectivity index (χ1n) is 8.04. The van der Waals surface area contributed by atoms with Crippen LogP contribution in [-0.2, 0) is 21.4 Å². The minimum absolute atomic E-state index is 0.103. The molecule has 0 bridgehead atoms. The molecule has 3 rings (SSSR count). The molecule has 0 saturated carbocycles. The molecule has 0 N–H and O–H groups in total. The highest BCUT2D eigenvalue weighted by Crippen LogP contribution is 2.35. The lowest BCUT2D eigenvalue weighted by atomic mass is 9.88. The summed E-state index contributed by atoms with van der Waals surface area (Å²) < 4.78 is 28.9. The van der Waals surface area contributed by atoms with E-state index in [1.165, 1.54) is 14.2 Å². The number of hydrogen-bond donors (Lipinski definition) is 0. The van der Waals surface area contributed by atoms with Crippen LogP contribution in [0.5, 0.6) is 0 Å². The molecule has 7 heteroatoms. The minimum atomic E-state index is -3.51. The zero-order chi connectivity index (χ0) is 16.4. The van der Waals surface area contributed by atoms with Crippen LogP contribution in [0.1, 0.15) is 30.0 Å². The second-order valence-corrected chi connectivity index (χ2v) is 8.16. The van der Waals surface area contributed by atoms with Gasteiger partial charge in [0.1, 0.15) is 0 Å². The molecule has 1 aromatic rings. The Labute approximate surface area is 137 Å². The van der Waals surface area contributed by atoms with Crippen molar-refractivity contribution in [1.82, 2.24) is 13.5 Å². The van der Waals surface area contributed by atoms with Gasteiger partial charge in [-0.15, -0.1) is 0 Å². The van der Waals surface area contributed by atoms with Crippen LogP contribution in [0, 0.1) is 0 Å². The molecule has 2 aliphatic rings. The molecule has 0 spiro atoms. The van der Waals surface area contributed by atoms with Gasteiger partial charge in [0.05, 0.1) is 6.04 Å². The molecular weight excluding hydrogens is 314 g/mol. The third kappa shape index (κ3) is 3.13. The molecule has 1 heterocycles. The van der Waals surface area contributed by atoms with Gasteiger partial charge in [0.2, 0.25) is 6.41 Å². The topological polar surface area (TPSA) is 60.9 Å². The first-order chi connectivity index (χ1) is 11.0. The lowest BCUT2D eigenvalue weighted by Crippen LogP contribution is -2.52. The predicted molar refractivity (Wildman–Crippen MR) is 88.0 cm³/mol. The van der Waals surface area contributed by atoms with Crippen molar-refractivity contribution in [2.24, 2.45) is 0 Å². The van der Waals surface area contributed by atoms with Crippen LogP contribution in [0.2, 0.25) is 0 Å². The van der Waals surface area contributed by atoms with Gasteiger partial charge in [-0.3, -0.25) is 4.79 Å². The highest BCUT2D eigenvalue weighted by molar-refractivity contribution is 7.86. The number of hydrogen-bond acceptors (Lipinski definition) is 3. The van der Waals surface area contributed by atoms with Crippen LogP contribution < -0.4 is 0 Å². The predicted octanol–water partition coefficient (Wildman–Crippen LogP) is 1.01. The number of aryl methyl sites for hydroxylation is 1. The smallest absolute Gasteiger partial charge is 0.282 e. The first-order valence-corrected chi connectivity index (χ1v) is 9.44. The molecule has 1 aliphatic carbocycles. The van der Waals surface area contributed by atoms with E-state index < -0.39 is 10.2 Å². The van der Waals surface area contributed by atoms with Crippen molar-refractivity contribution in [3.05, 3.63) is 35.4 Å². The van der Waals surface area contributed by atoms with Crippen LogP contribution in [0.25, 0.3) is 0 Å². The summed E-state index contributed by atoms with van der Waals surface area (Å²) in [7, 11) is -1.84. The second kappa shape index (κ2) is 6.59. The number of carbonyl (C=O) groups is 1. The van der Waals surface area contributed by atoms with Crippen LogP contribution in [0.3, 0.4) is 0 Å². The van der Waals surface area contributed by atoms with Crippen LogP contribution in [0.4, 0.5) is 0 Å². The Morgan fingerprint density at radius 1 is 1.17 bits per heavy atom. The van der Waals surface area contributed by atoms with Gasteiger partial charge < -0.3 is 4.90 Å². The van der Waals surface area contributed by atoms with Crippen LogP contribution in [0.15, 0.2) is 24.3 Å². The molecule has 6 nitrogen and oxygen atoms in total. The van der Waals surface area contributed by atoms with Gasteiger partial charge in [-0.2, -0.15) is 17.0 Å². The molecule has 1 atom stereocenters. The number of amides is 1. The maximum Gasteiger partial charge on any atom is 0.282 e. The van der Waals surface area contributed by atoms with Gasteiger partial charge in [0, 0.05) is 33.2 Å². The molecule has 1 fully saturated rings. The summed E-state index contributed by atoms with van der Waals surface area (Å²) in [5, 5.41) is 0. The maximum atomic E-state index is 12.9. The van der Waals surface area contributed by atoms with Gasteiger partial charge in [-0.05, 0) is 30.4 Å². The van der Waals surface area contributed by atoms with E-state index >= 15 is 0 Å². The monoisotopic (exact) mass is 337 g/mol. The Hall–Kier alpha value is -1.44. The summed E-state index contributed by atoms with van der Waals surface area (Å²) in [6.07, 6.45) is 3.64. The molecule has 126 valence electrons. The average molecular weight is 337 g/mol. The third-order valence-corrected chi connectivity index (χ3v) is 6.89. The molecule has 1 aromatic carbocycles. The Kier molecular flexibility index (Phi) is 4.70. The Morgan fingerprint density at radius 2 is 1.87 bits per heavy atom. The molecular formula is C16H23N3O3S. The van der Waals surface area contributed by atoms with Gasteiger partial charge in [0.15, 0.2) is 0 Å². The van der Waals surface area contributed by atoms with Crippen molar-refractivity contribution >= 4 is 16.6 Å². The van der Waals surface area contributed by atoms with Crippen molar-refractivity contribution in [3.8, 4) is 0 Å². The van der Waals surface area contributed by atoms with Crippen LogP contribution >= 0.6 is 0 Å². The number of piperazine rings is 1. The fourth-order valence-electron chi connectivity index (χ4n) is 3.49. The van der Waals surface area contributed by atoms with Crippen molar-refractivity contribution < 1.29 is 13.2 Å². The molecule has 1 aliphatic heterocycles. The van der Waals surface area contributed by atoms with E-state index in [2.05, 4.69) is 6.07 Å². The van der Waals surface area contributed by atoms with E-state index in [0.29, 0.717) is 26.2 Å². The van der Waals surface area contributed by atoms with E-state index in [1.54, 1.807) is 11.9 Å². The van der Waals surface area contributed by atoms with Gasteiger partial charge in [-0.25, -0.2) is 0 Å². The summed E-state index contributed by atoms with van der Waals surface area (Å²) in [5.41, 5.74) is 2.37. The Balaban J connectivity index is 1.80. The van der Waals surface area contributed by atoms with E-state index in [-0.39, 0.29) is 6.04 Å². The average Bonchev–Trinajstić information content (AvgIpc) is 2.60. The van der Waals surface area contributed by atoms with Crippen LogP contribution in [-0.4, -0.2) is 61.6 Å². The molecule has 0 unspecified atom stereocenters. The van der Waals surface area contributed by atoms with Crippen molar-refractivity contribution in [2.45, 2.75) is 25.3 Å². The van der Waals surface area contributed by atoms with E-state index in [9.17, 15) is 13.2 Å². The lowest BCUT2D eigenvalue weighted by molar-refractivity contribution is -0.119. The normalized spacial score (nSPS) is 22.9. The van der Waals surface area contributed by atoms with Crippen molar-refractivity contribution in [1.29, 1.82) is 0 Å². The largest absolute Gasteiger partial charge is 0.343 e. The standard InChI is InChI=1S/C16H23N3O3S/c1-17(16-8-4-6-14-5-2-3-7-15(14)16)23(21,22)19-11-9-18(13-20)10-12-19/h2-3,5,7,13,16H,4,6,8-12H2,1H3/t16-/m1/s1. The van der Waals surface area contributed by atoms with E-state index in [1.807, 2.05) is 18.2 Å². The second-order valence-electron chi connectivity index (χ2n) is 6.17. The van der Waals surface area contributed by atoms with E-state index in [4.69, 9.17) is 0 Å². The maximum absolute atomic E-state index is 12.9. The Bertz CT molecular complexity index is 669. The Morgan fingerprint density at radius 3 is 2.57 bits per heavy atom. The number of nitrogens with zero attached hydrogens (tertiary/aromatic N) is 3. The summed E-state index contributed by atoms with van der Waals surface area (Å²) in [5.74, 6) is 0. The summed E-state index contributed by atoms with van der Waals surface area (Å²) in [6.45, 7) is 1.63. The van der Waals surface area contributed by atoms with E-state index in [0.717, 1.165) is 31.2 Å². The highest BCUT2D eigenvalue weighted by Gasteiger charge is 2.36. The minimum Gasteiger partial charge on any atom is -0.343 e. The highest BCUT2D eigenvalue weighted by atomic mass is 32.2.